The second kappa shape index (κ2) is 4.45. The minimum atomic E-state index is -2.94. The summed E-state index contributed by atoms with van der Waals surface area (Å²) in [4.78, 5) is 0. The lowest BCUT2D eigenvalue weighted by Gasteiger charge is -2.05. The number of rotatable bonds is 3. The van der Waals surface area contributed by atoms with Crippen molar-refractivity contribution in [2.75, 3.05) is 5.75 Å². The van der Waals surface area contributed by atoms with Crippen LogP contribution in [0.4, 0.5) is 0 Å². The van der Waals surface area contributed by atoms with E-state index in [0.29, 0.717) is 0 Å². The molecule has 1 aromatic rings. The van der Waals surface area contributed by atoms with Gasteiger partial charge in [-0.05, 0) is 24.1 Å². The number of benzene rings is 1. The van der Waals surface area contributed by atoms with Crippen LogP contribution in [0.2, 0.25) is 0 Å². The largest absolute Gasteiger partial charge is 0.229 e. The molecule has 78 valence electrons. The summed E-state index contributed by atoms with van der Waals surface area (Å²) in [6.45, 7) is 3.64. The number of hydrogen-bond donors (Lipinski definition) is 0. The Hall–Kier alpha value is -0.350. The predicted molar refractivity (Wildman–Crippen MR) is 62.0 cm³/mol. The first-order valence-electron chi connectivity index (χ1n) is 4.40. The van der Waals surface area contributed by atoms with Gasteiger partial charge in [0.25, 0.3) is 0 Å². The molecule has 1 aromatic carbocycles. The van der Waals surface area contributed by atoms with Crippen LogP contribution in [0.5, 0.6) is 0 Å². The molecule has 0 saturated carbocycles. The van der Waals surface area contributed by atoms with E-state index >= 15 is 0 Å². The summed E-state index contributed by atoms with van der Waals surface area (Å²) in [5.41, 5.74) is 1.95. The standard InChI is InChI=1S/C10H13BrO2S/c1-3-14(12,13)7-9-5-4-8(2)6-10(9)11/h4-6H,3,7H2,1-2H3. The second-order valence-electron chi connectivity index (χ2n) is 3.27. The molecule has 0 unspecified atom stereocenters. The molecule has 2 nitrogen and oxygen atoms in total. The van der Waals surface area contributed by atoms with E-state index < -0.39 is 9.84 Å². The normalized spacial score (nSPS) is 11.6. The van der Waals surface area contributed by atoms with Crippen molar-refractivity contribution in [3.8, 4) is 0 Å². The van der Waals surface area contributed by atoms with Gasteiger partial charge in [-0.25, -0.2) is 8.42 Å². The highest BCUT2D eigenvalue weighted by Gasteiger charge is 2.11. The second-order valence-corrected chi connectivity index (χ2v) is 6.48. The Kier molecular flexibility index (Phi) is 3.72. The Labute approximate surface area is 93.4 Å². The number of halogens is 1. The van der Waals surface area contributed by atoms with Crippen molar-refractivity contribution < 1.29 is 8.42 Å². The fourth-order valence-electron chi connectivity index (χ4n) is 1.11. The summed E-state index contributed by atoms with van der Waals surface area (Å²) in [7, 11) is -2.94. The van der Waals surface area contributed by atoms with E-state index in [4.69, 9.17) is 0 Å². The van der Waals surface area contributed by atoms with Gasteiger partial charge in [0.15, 0.2) is 9.84 Å². The lowest BCUT2D eigenvalue weighted by molar-refractivity contribution is 0.596. The van der Waals surface area contributed by atoms with Crippen LogP contribution < -0.4 is 0 Å². The van der Waals surface area contributed by atoms with Gasteiger partial charge in [-0.3, -0.25) is 0 Å². The molecule has 0 aliphatic heterocycles. The molecule has 0 radical (unpaired) electrons. The van der Waals surface area contributed by atoms with E-state index in [2.05, 4.69) is 15.9 Å². The van der Waals surface area contributed by atoms with Gasteiger partial charge in [0.2, 0.25) is 0 Å². The topological polar surface area (TPSA) is 34.1 Å². The maximum atomic E-state index is 11.4. The Morgan fingerprint density at radius 1 is 1.36 bits per heavy atom. The van der Waals surface area contributed by atoms with E-state index in [-0.39, 0.29) is 11.5 Å². The fraction of sp³-hybridized carbons (Fsp3) is 0.400. The Balaban J connectivity index is 2.99. The van der Waals surface area contributed by atoms with Gasteiger partial charge in [0.05, 0.1) is 5.75 Å². The van der Waals surface area contributed by atoms with Gasteiger partial charge in [0.1, 0.15) is 0 Å². The SMILES string of the molecule is CCS(=O)(=O)Cc1ccc(C)cc1Br. The van der Waals surface area contributed by atoms with Crippen LogP contribution in [-0.4, -0.2) is 14.2 Å². The minimum absolute atomic E-state index is 0.115. The zero-order valence-electron chi connectivity index (χ0n) is 8.25. The minimum Gasteiger partial charge on any atom is -0.229 e. The highest BCUT2D eigenvalue weighted by Crippen LogP contribution is 2.20. The van der Waals surface area contributed by atoms with Crippen LogP contribution in [0.1, 0.15) is 18.1 Å². The van der Waals surface area contributed by atoms with Crippen molar-refractivity contribution in [1.82, 2.24) is 0 Å². The first-order chi connectivity index (χ1) is 6.44. The van der Waals surface area contributed by atoms with Gasteiger partial charge in [-0.2, -0.15) is 0 Å². The molecule has 0 bridgehead atoms. The van der Waals surface area contributed by atoms with Crippen molar-refractivity contribution in [2.24, 2.45) is 0 Å². The summed E-state index contributed by atoms with van der Waals surface area (Å²) in [5.74, 6) is 0.303. The van der Waals surface area contributed by atoms with Crippen molar-refractivity contribution in [3.63, 3.8) is 0 Å². The molecule has 1 rings (SSSR count). The van der Waals surface area contributed by atoms with Gasteiger partial charge < -0.3 is 0 Å². The Bertz CT molecular complexity index is 424. The number of sulfone groups is 1. The molecule has 0 N–H and O–H groups in total. The van der Waals surface area contributed by atoms with Crippen molar-refractivity contribution in [2.45, 2.75) is 19.6 Å². The van der Waals surface area contributed by atoms with Crippen molar-refractivity contribution in [1.29, 1.82) is 0 Å². The maximum Gasteiger partial charge on any atom is 0.154 e. The summed E-state index contributed by atoms with van der Waals surface area (Å²) in [6, 6.07) is 5.71. The van der Waals surface area contributed by atoms with E-state index in [9.17, 15) is 8.42 Å². The molecule has 14 heavy (non-hydrogen) atoms. The predicted octanol–water partition coefficient (Wildman–Crippen LogP) is 2.69. The molecule has 0 aliphatic carbocycles. The van der Waals surface area contributed by atoms with E-state index in [1.54, 1.807) is 6.92 Å². The van der Waals surface area contributed by atoms with E-state index in [1.165, 1.54) is 0 Å². The molecule has 0 spiro atoms. The molecule has 0 heterocycles. The molecule has 4 heteroatoms. The Morgan fingerprint density at radius 2 is 2.00 bits per heavy atom. The third kappa shape index (κ3) is 3.10. The van der Waals surface area contributed by atoms with E-state index in [0.717, 1.165) is 15.6 Å². The average Bonchev–Trinajstić information content (AvgIpc) is 2.10. The first-order valence-corrected chi connectivity index (χ1v) is 7.01. The number of hydrogen-bond acceptors (Lipinski definition) is 2. The summed E-state index contributed by atoms with van der Waals surface area (Å²) in [6.07, 6.45) is 0. The van der Waals surface area contributed by atoms with E-state index in [1.807, 2.05) is 25.1 Å². The summed E-state index contributed by atoms with van der Waals surface area (Å²) < 4.78 is 23.6. The van der Waals surface area contributed by atoms with Gasteiger partial charge in [0, 0.05) is 10.2 Å². The third-order valence-electron chi connectivity index (χ3n) is 2.02. The molecule has 0 aliphatic rings. The fourth-order valence-corrected chi connectivity index (χ4v) is 2.86. The quantitative estimate of drug-likeness (QED) is 0.851. The van der Waals surface area contributed by atoms with Crippen LogP contribution in [-0.2, 0) is 15.6 Å². The zero-order chi connectivity index (χ0) is 10.8. The van der Waals surface area contributed by atoms with Crippen LogP contribution in [0.25, 0.3) is 0 Å². The maximum absolute atomic E-state index is 11.4. The molecular weight excluding hydrogens is 264 g/mol. The zero-order valence-corrected chi connectivity index (χ0v) is 10.7. The molecule has 0 saturated heterocycles. The smallest absolute Gasteiger partial charge is 0.154 e. The third-order valence-corrected chi connectivity index (χ3v) is 4.39. The molecule has 0 fully saturated rings. The van der Waals surface area contributed by atoms with Crippen LogP contribution >= 0.6 is 15.9 Å². The van der Waals surface area contributed by atoms with Crippen LogP contribution in [0, 0.1) is 6.92 Å². The highest BCUT2D eigenvalue weighted by molar-refractivity contribution is 9.10. The molecular formula is C10H13BrO2S. The average molecular weight is 277 g/mol. The van der Waals surface area contributed by atoms with Gasteiger partial charge in [-0.15, -0.1) is 0 Å². The lowest BCUT2D eigenvalue weighted by Crippen LogP contribution is -2.07. The van der Waals surface area contributed by atoms with Crippen molar-refractivity contribution >= 4 is 25.8 Å². The summed E-state index contributed by atoms with van der Waals surface area (Å²) >= 11 is 3.36. The molecule has 0 atom stereocenters. The molecule has 0 amide bonds. The first kappa shape index (κ1) is 11.7. The number of aryl methyl sites for hydroxylation is 1. The van der Waals surface area contributed by atoms with Gasteiger partial charge in [-0.1, -0.05) is 35.0 Å². The summed E-state index contributed by atoms with van der Waals surface area (Å²) in [5, 5.41) is 0. The monoisotopic (exact) mass is 276 g/mol. The Morgan fingerprint density at radius 3 is 2.50 bits per heavy atom. The molecule has 0 aromatic heterocycles. The van der Waals surface area contributed by atoms with Gasteiger partial charge >= 0.3 is 0 Å². The van der Waals surface area contributed by atoms with Crippen LogP contribution in [0.3, 0.4) is 0 Å². The van der Waals surface area contributed by atoms with Crippen LogP contribution in [0.15, 0.2) is 22.7 Å². The van der Waals surface area contributed by atoms with Crippen molar-refractivity contribution in [3.05, 3.63) is 33.8 Å². The lowest BCUT2D eigenvalue weighted by atomic mass is 10.2. The highest BCUT2D eigenvalue weighted by atomic mass is 79.9.